The van der Waals surface area contributed by atoms with Crippen molar-refractivity contribution in [2.75, 3.05) is 5.32 Å². The standard InChI is InChI=1S/C23H22Cl2FN/c1-6-16-11-17(8-10-20(16)26)22-21(23(22,24)25)15(5)27-18-9-7-14(4)19(12-18)13(2)3/h6-12,21-22,27H,1-2,5H2,3-4H3. The van der Waals surface area contributed by atoms with Gasteiger partial charge in [-0.25, -0.2) is 4.39 Å². The lowest BCUT2D eigenvalue weighted by Crippen LogP contribution is -2.04. The summed E-state index contributed by atoms with van der Waals surface area (Å²) < 4.78 is 12.8. The molecule has 4 heteroatoms. The Balaban J connectivity index is 1.82. The minimum absolute atomic E-state index is 0.161. The summed E-state index contributed by atoms with van der Waals surface area (Å²) in [4.78, 5) is 0. The minimum atomic E-state index is -0.984. The first-order valence-electron chi connectivity index (χ1n) is 8.69. The first kappa shape index (κ1) is 19.7. The molecule has 2 aromatic rings. The molecule has 0 bridgehead atoms. The Morgan fingerprint density at radius 2 is 1.89 bits per heavy atom. The van der Waals surface area contributed by atoms with Crippen LogP contribution in [0.5, 0.6) is 0 Å². The first-order valence-corrected chi connectivity index (χ1v) is 9.44. The molecule has 3 rings (SSSR count). The van der Waals surface area contributed by atoms with E-state index < -0.39 is 4.33 Å². The van der Waals surface area contributed by atoms with E-state index in [1.54, 1.807) is 12.1 Å². The highest BCUT2D eigenvalue weighted by Crippen LogP contribution is 2.67. The van der Waals surface area contributed by atoms with Gasteiger partial charge in [0, 0.05) is 28.8 Å². The Hall–Kier alpha value is -2.03. The lowest BCUT2D eigenvalue weighted by atomic mass is 10.0. The monoisotopic (exact) mass is 401 g/mol. The molecule has 1 aliphatic rings. The summed E-state index contributed by atoms with van der Waals surface area (Å²) in [5.74, 6) is -0.658. The highest BCUT2D eigenvalue weighted by atomic mass is 35.5. The van der Waals surface area contributed by atoms with Gasteiger partial charge in [0.15, 0.2) is 0 Å². The number of hydrogen-bond acceptors (Lipinski definition) is 1. The summed E-state index contributed by atoms with van der Waals surface area (Å²) in [6.07, 6.45) is 1.49. The van der Waals surface area contributed by atoms with Gasteiger partial charge < -0.3 is 5.32 Å². The maximum absolute atomic E-state index is 13.8. The van der Waals surface area contributed by atoms with Crippen LogP contribution in [0.15, 0.2) is 61.8 Å². The molecule has 0 saturated heterocycles. The van der Waals surface area contributed by atoms with E-state index >= 15 is 0 Å². The van der Waals surface area contributed by atoms with Crippen LogP contribution in [0.25, 0.3) is 11.6 Å². The van der Waals surface area contributed by atoms with Crippen molar-refractivity contribution < 1.29 is 4.39 Å². The van der Waals surface area contributed by atoms with Crippen LogP contribution in [0.3, 0.4) is 0 Å². The third-order valence-electron chi connectivity index (χ3n) is 5.03. The second kappa shape index (κ2) is 7.18. The lowest BCUT2D eigenvalue weighted by Gasteiger charge is -2.13. The zero-order chi connectivity index (χ0) is 19.9. The Morgan fingerprint density at radius 1 is 1.19 bits per heavy atom. The molecule has 27 heavy (non-hydrogen) atoms. The van der Waals surface area contributed by atoms with Gasteiger partial charge in [0.25, 0.3) is 0 Å². The molecule has 1 saturated carbocycles. The van der Waals surface area contributed by atoms with Gasteiger partial charge in [0.1, 0.15) is 10.2 Å². The molecule has 0 amide bonds. The molecule has 0 spiro atoms. The molecule has 0 radical (unpaired) electrons. The van der Waals surface area contributed by atoms with Crippen molar-refractivity contribution in [2.24, 2.45) is 5.92 Å². The number of alkyl halides is 2. The van der Waals surface area contributed by atoms with Gasteiger partial charge in [-0.15, -0.1) is 23.2 Å². The molecule has 1 N–H and O–H groups in total. The second-order valence-corrected chi connectivity index (χ2v) is 8.52. The molecular formula is C23H22Cl2FN. The van der Waals surface area contributed by atoms with E-state index in [1.165, 1.54) is 12.1 Å². The number of halogens is 3. The van der Waals surface area contributed by atoms with Crippen molar-refractivity contribution in [1.29, 1.82) is 0 Å². The molecule has 140 valence electrons. The van der Waals surface area contributed by atoms with Crippen molar-refractivity contribution >= 4 is 40.5 Å². The van der Waals surface area contributed by atoms with Crippen LogP contribution in [0.2, 0.25) is 0 Å². The summed E-state index contributed by atoms with van der Waals surface area (Å²) >= 11 is 13.1. The van der Waals surface area contributed by atoms with Gasteiger partial charge in [-0.2, -0.15) is 0 Å². The summed E-state index contributed by atoms with van der Waals surface area (Å²) in [5.41, 5.74) is 6.20. The maximum atomic E-state index is 13.8. The third kappa shape index (κ3) is 3.69. The van der Waals surface area contributed by atoms with Gasteiger partial charge in [-0.1, -0.05) is 43.5 Å². The molecule has 1 nitrogen and oxygen atoms in total. The summed E-state index contributed by atoms with van der Waals surface area (Å²) in [6.45, 7) is 15.8. The summed E-state index contributed by atoms with van der Waals surface area (Å²) in [5, 5.41) is 3.32. The van der Waals surface area contributed by atoms with Crippen molar-refractivity contribution in [3.8, 4) is 0 Å². The molecular weight excluding hydrogens is 380 g/mol. The maximum Gasteiger partial charge on any atom is 0.134 e. The summed E-state index contributed by atoms with van der Waals surface area (Å²) in [7, 11) is 0. The van der Waals surface area contributed by atoms with E-state index in [-0.39, 0.29) is 17.7 Å². The Bertz CT molecular complexity index is 945. The number of nitrogens with one attached hydrogen (secondary N) is 1. The molecule has 1 aliphatic carbocycles. The number of hydrogen-bond donors (Lipinski definition) is 1. The molecule has 0 heterocycles. The average Bonchev–Trinajstić information content (AvgIpc) is 3.19. The number of allylic oxidation sites excluding steroid dienone is 2. The fraction of sp³-hybridized carbons (Fsp3) is 0.217. The van der Waals surface area contributed by atoms with E-state index in [0.717, 1.165) is 33.6 Å². The van der Waals surface area contributed by atoms with E-state index in [9.17, 15) is 4.39 Å². The Kier molecular flexibility index (Phi) is 5.24. The molecule has 0 aromatic heterocycles. The molecule has 2 atom stereocenters. The van der Waals surface area contributed by atoms with E-state index in [0.29, 0.717) is 5.56 Å². The third-order valence-corrected chi connectivity index (χ3v) is 5.97. The quantitative estimate of drug-likeness (QED) is 0.499. The van der Waals surface area contributed by atoms with Crippen molar-refractivity contribution in [3.05, 3.63) is 89.9 Å². The minimum Gasteiger partial charge on any atom is -0.359 e. The van der Waals surface area contributed by atoms with Crippen LogP contribution in [0, 0.1) is 18.7 Å². The Labute approximate surface area is 170 Å². The van der Waals surface area contributed by atoms with Crippen molar-refractivity contribution in [1.82, 2.24) is 0 Å². The van der Waals surface area contributed by atoms with Crippen LogP contribution in [0.1, 0.15) is 35.1 Å². The van der Waals surface area contributed by atoms with Gasteiger partial charge in [0.05, 0.1) is 0 Å². The zero-order valence-electron chi connectivity index (χ0n) is 15.5. The largest absolute Gasteiger partial charge is 0.359 e. The SMILES string of the molecule is C=Cc1cc(C2C(C(=C)Nc3ccc(C)c(C(=C)C)c3)C2(Cl)Cl)ccc1F. The van der Waals surface area contributed by atoms with Crippen molar-refractivity contribution in [2.45, 2.75) is 24.1 Å². The molecule has 1 fully saturated rings. The van der Waals surface area contributed by atoms with Gasteiger partial charge in [0.2, 0.25) is 0 Å². The topological polar surface area (TPSA) is 12.0 Å². The van der Waals surface area contributed by atoms with Crippen LogP contribution in [-0.2, 0) is 0 Å². The average molecular weight is 402 g/mol. The predicted octanol–water partition coefficient (Wildman–Crippen LogP) is 7.32. The number of benzene rings is 2. The van der Waals surface area contributed by atoms with Crippen LogP contribution < -0.4 is 5.32 Å². The van der Waals surface area contributed by atoms with Crippen LogP contribution in [-0.4, -0.2) is 4.33 Å². The Morgan fingerprint density at radius 3 is 2.52 bits per heavy atom. The van der Waals surface area contributed by atoms with Gasteiger partial charge >= 0.3 is 0 Å². The lowest BCUT2D eigenvalue weighted by molar-refractivity contribution is 0.624. The second-order valence-electron chi connectivity index (χ2n) is 7.08. The first-order chi connectivity index (χ1) is 12.7. The number of anilines is 1. The van der Waals surface area contributed by atoms with Gasteiger partial charge in [-0.3, -0.25) is 0 Å². The molecule has 0 aliphatic heterocycles. The zero-order valence-corrected chi connectivity index (χ0v) is 17.0. The van der Waals surface area contributed by atoms with E-state index in [2.05, 4.69) is 25.1 Å². The fourth-order valence-electron chi connectivity index (χ4n) is 3.51. The highest BCUT2D eigenvalue weighted by Gasteiger charge is 2.65. The van der Waals surface area contributed by atoms with E-state index in [4.69, 9.17) is 23.2 Å². The summed E-state index contributed by atoms with van der Waals surface area (Å²) in [6, 6.07) is 10.9. The predicted molar refractivity (Wildman–Crippen MR) is 116 cm³/mol. The van der Waals surface area contributed by atoms with Crippen molar-refractivity contribution in [3.63, 3.8) is 0 Å². The highest BCUT2D eigenvalue weighted by molar-refractivity contribution is 6.52. The number of aryl methyl sites for hydroxylation is 1. The van der Waals surface area contributed by atoms with Crippen LogP contribution in [0.4, 0.5) is 10.1 Å². The molecule has 2 unspecified atom stereocenters. The van der Waals surface area contributed by atoms with Crippen LogP contribution >= 0.6 is 23.2 Å². The fourth-order valence-corrected chi connectivity index (χ4v) is 4.40. The van der Waals surface area contributed by atoms with Gasteiger partial charge in [-0.05, 0) is 54.8 Å². The smallest absolute Gasteiger partial charge is 0.134 e. The number of rotatable bonds is 6. The van der Waals surface area contributed by atoms with E-state index in [1.807, 2.05) is 32.0 Å². The normalized spacial score (nSPS) is 20.0. The molecule has 2 aromatic carbocycles.